The first-order valence-electron chi connectivity index (χ1n) is 7.78. The number of hydrogen-bond donors (Lipinski definition) is 2. The number of benzene rings is 1. The maximum absolute atomic E-state index is 12.4. The maximum atomic E-state index is 12.4. The van der Waals surface area contributed by atoms with Crippen LogP contribution in [0.5, 0.6) is 0 Å². The molecule has 116 valence electrons. The van der Waals surface area contributed by atoms with Gasteiger partial charge in [0.25, 0.3) is 0 Å². The Morgan fingerprint density at radius 2 is 2.05 bits per heavy atom. The van der Waals surface area contributed by atoms with Crippen molar-refractivity contribution < 1.29 is 4.79 Å². The lowest BCUT2D eigenvalue weighted by Gasteiger charge is -2.37. The van der Waals surface area contributed by atoms with Gasteiger partial charge in [-0.2, -0.15) is 0 Å². The van der Waals surface area contributed by atoms with E-state index in [2.05, 4.69) is 10.6 Å². The third kappa shape index (κ3) is 4.45. The predicted octanol–water partition coefficient (Wildman–Crippen LogP) is 3.83. The number of amides is 1. The van der Waals surface area contributed by atoms with Gasteiger partial charge in [0.1, 0.15) is 0 Å². The van der Waals surface area contributed by atoms with Gasteiger partial charge in [0.05, 0.1) is 6.04 Å². The van der Waals surface area contributed by atoms with E-state index in [1.165, 1.54) is 19.3 Å². The Bertz CT molecular complexity index is 483. The zero-order chi connectivity index (χ0) is 15.3. The summed E-state index contributed by atoms with van der Waals surface area (Å²) in [5.74, 6) is 0.110. The molecule has 0 aliphatic heterocycles. The largest absolute Gasteiger partial charge is 0.350 e. The summed E-state index contributed by atoms with van der Waals surface area (Å²) in [4.78, 5) is 12.4. The molecule has 3 nitrogen and oxygen atoms in total. The lowest BCUT2D eigenvalue weighted by Crippen LogP contribution is -2.48. The maximum Gasteiger partial charge on any atom is 0.222 e. The summed E-state index contributed by atoms with van der Waals surface area (Å²) >= 11 is 6.00. The normalized spacial score (nSPS) is 19.0. The van der Waals surface area contributed by atoms with Crippen molar-refractivity contribution in [2.24, 2.45) is 0 Å². The Balaban J connectivity index is 1.94. The summed E-state index contributed by atoms with van der Waals surface area (Å²) in [6.07, 6.45) is 6.42. The van der Waals surface area contributed by atoms with Gasteiger partial charge in [0, 0.05) is 17.0 Å². The fourth-order valence-corrected chi connectivity index (χ4v) is 3.40. The monoisotopic (exact) mass is 308 g/mol. The fourth-order valence-electron chi connectivity index (χ4n) is 3.20. The van der Waals surface area contributed by atoms with E-state index in [0.29, 0.717) is 11.4 Å². The van der Waals surface area contributed by atoms with Gasteiger partial charge in [-0.25, -0.2) is 0 Å². The highest BCUT2D eigenvalue weighted by molar-refractivity contribution is 6.30. The highest BCUT2D eigenvalue weighted by Crippen LogP contribution is 2.31. The van der Waals surface area contributed by atoms with E-state index in [4.69, 9.17) is 11.6 Å². The van der Waals surface area contributed by atoms with E-state index >= 15 is 0 Å². The van der Waals surface area contributed by atoms with Crippen LogP contribution in [0.4, 0.5) is 0 Å². The van der Waals surface area contributed by atoms with Crippen molar-refractivity contribution in [2.75, 3.05) is 7.05 Å². The van der Waals surface area contributed by atoms with Crippen LogP contribution in [0.1, 0.15) is 57.1 Å². The van der Waals surface area contributed by atoms with E-state index in [-0.39, 0.29) is 17.5 Å². The van der Waals surface area contributed by atoms with Crippen molar-refractivity contribution in [3.8, 4) is 0 Å². The lowest BCUT2D eigenvalue weighted by molar-refractivity contribution is -0.123. The van der Waals surface area contributed by atoms with Crippen LogP contribution < -0.4 is 10.6 Å². The molecule has 1 amide bonds. The number of nitrogens with one attached hydrogen (secondary N) is 2. The molecule has 1 aliphatic carbocycles. The number of hydrogen-bond acceptors (Lipinski definition) is 2. The van der Waals surface area contributed by atoms with Crippen LogP contribution in [0.3, 0.4) is 0 Å². The molecule has 1 fully saturated rings. The van der Waals surface area contributed by atoms with Gasteiger partial charge in [-0.15, -0.1) is 0 Å². The number of rotatable bonds is 5. The zero-order valence-electron chi connectivity index (χ0n) is 12.9. The molecule has 0 heterocycles. The van der Waals surface area contributed by atoms with E-state index in [1.54, 1.807) is 0 Å². The standard InChI is InChI=1S/C17H25ClN2O/c1-13(14-7-6-8-15(18)11-14)20-16(21)12-17(19-2)9-4-3-5-10-17/h6-8,11,13,19H,3-5,9-10,12H2,1-2H3,(H,20,21). The summed E-state index contributed by atoms with van der Waals surface area (Å²) in [6, 6.07) is 7.63. The molecule has 0 radical (unpaired) electrons. The minimum atomic E-state index is -0.0197. The summed E-state index contributed by atoms with van der Waals surface area (Å²) < 4.78 is 0. The topological polar surface area (TPSA) is 41.1 Å². The highest BCUT2D eigenvalue weighted by atomic mass is 35.5. The van der Waals surface area contributed by atoms with E-state index in [0.717, 1.165) is 18.4 Å². The van der Waals surface area contributed by atoms with E-state index in [1.807, 2.05) is 38.2 Å². The van der Waals surface area contributed by atoms with E-state index in [9.17, 15) is 4.79 Å². The zero-order valence-corrected chi connectivity index (χ0v) is 13.7. The van der Waals surface area contributed by atoms with Crippen molar-refractivity contribution in [2.45, 2.75) is 57.0 Å². The second-order valence-electron chi connectivity index (χ2n) is 6.11. The lowest BCUT2D eigenvalue weighted by atomic mass is 9.79. The summed E-state index contributed by atoms with van der Waals surface area (Å²) in [5.41, 5.74) is 1.02. The molecule has 1 saturated carbocycles. The molecule has 1 unspecified atom stereocenters. The predicted molar refractivity (Wildman–Crippen MR) is 87.5 cm³/mol. The van der Waals surface area contributed by atoms with Crippen LogP contribution in [-0.2, 0) is 4.79 Å². The SMILES string of the molecule is CNC1(CC(=O)NC(C)c2cccc(Cl)c2)CCCCC1. The van der Waals surface area contributed by atoms with Crippen LogP contribution in [0.2, 0.25) is 5.02 Å². The van der Waals surface area contributed by atoms with Gasteiger partial charge in [-0.3, -0.25) is 4.79 Å². The van der Waals surface area contributed by atoms with Gasteiger partial charge in [-0.05, 0) is 44.5 Å². The molecule has 1 aliphatic rings. The molecule has 0 spiro atoms. The Hall–Kier alpha value is -1.06. The molecule has 1 aromatic rings. The van der Waals surface area contributed by atoms with Crippen LogP contribution in [0.25, 0.3) is 0 Å². The van der Waals surface area contributed by atoms with Crippen molar-refractivity contribution in [1.82, 2.24) is 10.6 Å². The Morgan fingerprint density at radius 3 is 2.67 bits per heavy atom. The van der Waals surface area contributed by atoms with Crippen LogP contribution in [0.15, 0.2) is 24.3 Å². The number of carbonyl (C=O) groups is 1. The summed E-state index contributed by atoms with van der Waals surface area (Å²) in [6.45, 7) is 2.00. The third-order valence-corrected chi connectivity index (χ3v) is 4.80. The van der Waals surface area contributed by atoms with Gasteiger partial charge >= 0.3 is 0 Å². The molecule has 21 heavy (non-hydrogen) atoms. The van der Waals surface area contributed by atoms with Crippen molar-refractivity contribution in [3.63, 3.8) is 0 Å². The molecular weight excluding hydrogens is 284 g/mol. The molecule has 1 atom stereocenters. The molecule has 4 heteroatoms. The second kappa shape index (κ2) is 7.28. The van der Waals surface area contributed by atoms with Crippen molar-refractivity contribution >= 4 is 17.5 Å². The van der Waals surface area contributed by atoms with Crippen molar-refractivity contribution in [3.05, 3.63) is 34.9 Å². The van der Waals surface area contributed by atoms with Crippen LogP contribution in [-0.4, -0.2) is 18.5 Å². The van der Waals surface area contributed by atoms with Gasteiger partial charge in [-0.1, -0.05) is 43.0 Å². The molecule has 0 aromatic heterocycles. The number of halogens is 1. The Labute approximate surface area is 132 Å². The average Bonchev–Trinajstić information content (AvgIpc) is 2.48. The average molecular weight is 309 g/mol. The minimum Gasteiger partial charge on any atom is -0.350 e. The molecular formula is C17H25ClN2O. The first-order valence-corrected chi connectivity index (χ1v) is 8.16. The van der Waals surface area contributed by atoms with Gasteiger partial charge in [0.2, 0.25) is 5.91 Å². The fraction of sp³-hybridized carbons (Fsp3) is 0.588. The Kier molecular flexibility index (Phi) is 5.65. The van der Waals surface area contributed by atoms with Crippen LogP contribution in [0, 0.1) is 0 Å². The second-order valence-corrected chi connectivity index (χ2v) is 6.55. The molecule has 1 aromatic carbocycles. The molecule has 0 saturated heterocycles. The minimum absolute atomic E-state index is 0.0175. The molecule has 2 N–H and O–H groups in total. The molecule has 0 bridgehead atoms. The number of carbonyl (C=O) groups excluding carboxylic acids is 1. The molecule has 2 rings (SSSR count). The quantitative estimate of drug-likeness (QED) is 0.868. The summed E-state index contributed by atoms with van der Waals surface area (Å²) in [7, 11) is 1.97. The Morgan fingerprint density at radius 1 is 1.33 bits per heavy atom. The van der Waals surface area contributed by atoms with Crippen molar-refractivity contribution in [1.29, 1.82) is 0 Å². The van der Waals surface area contributed by atoms with Gasteiger partial charge < -0.3 is 10.6 Å². The first kappa shape index (κ1) is 16.3. The van der Waals surface area contributed by atoms with Crippen LogP contribution >= 0.6 is 11.6 Å². The first-order chi connectivity index (χ1) is 10.0. The third-order valence-electron chi connectivity index (χ3n) is 4.57. The smallest absolute Gasteiger partial charge is 0.222 e. The van der Waals surface area contributed by atoms with Gasteiger partial charge in [0.15, 0.2) is 0 Å². The van der Waals surface area contributed by atoms with E-state index < -0.39 is 0 Å². The summed E-state index contributed by atoms with van der Waals surface area (Å²) in [5, 5.41) is 7.18. The highest BCUT2D eigenvalue weighted by Gasteiger charge is 2.32.